The van der Waals surface area contributed by atoms with Gasteiger partial charge in [0.1, 0.15) is 40.6 Å². The molecule has 0 saturated heterocycles. The van der Waals surface area contributed by atoms with Crippen LogP contribution >= 0.6 is 34.8 Å². The number of methoxy groups -OCH3 is 1. The molecular weight excluding hydrogens is 466 g/mol. The van der Waals surface area contributed by atoms with Crippen LogP contribution < -0.4 is 9.47 Å². The summed E-state index contributed by atoms with van der Waals surface area (Å²) in [6.07, 6.45) is 2.96. The van der Waals surface area contributed by atoms with Crippen LogP contribution in [-0.4, -0.2) is 27.0 Å². The fourth-order valence-corrected chi connectivity index (χ4v) is 3.34. The third-order valence-electron chi connectivity index (χ3n) is 4.36. The molecule has 0 radical (unpaired) electrons. The van der Waals surface area contributed by atoms with Gasteiger partial charge in [-0.05, 0) is 30.3 Å². The van der Waals surface area contributed by atoms with Gasteiger partial charge in [-0.3, -0.25) is 4.98 Å². The fraction of sp³-hybridized carbons (Fsp3) is 0.0952. The van der Waals surface area contributed by atoms with Crippen LogP contribution in [-0.2, 0) is 6.61 Å². The highest BCUT2D eigenvalue weighted by Crippen LogP contribution is 2.37. The number of aromatic amines is 1. The molecule has 0 aliphatic carbocycles. The van der Waals surface area contributed by atoms with Crippen molar-refractivity contribution in [3.05, 3.63) is 75.6 Å². The van der Waals surface area contributed by atoms with Crippen molar-refractivity contribution in [2.75, 3.05) is 7.11 Å². The summed E-state index contributed by atoms with van der Waals surface area (Å²) in [6, 6.07) is 9.79. The number of aromatic nitrogens is 4. The van der Waals surface area contributed by atoms with E-state index in [1.807, 2.05) is 0 Å². The molecule has 4 rings (SSSR count). The first-order valence-electron chi connectivity index (χ1n) is 8.93. The number of benzene rings is 1. The Kier molecular flexibility index (Phi) is 6.27. The van der Waals surface area contributed by atoms with Gasteiger partial charge >= 0.3 is 0 Å². The van der Waals surface area contributed by atoms with Crippen molar-refractivity contribution < 1.29 is 13.9 Å². The lowest BCUT2D eigenvalue weighted by molar-refractivity contribution is 0.292. The highest BCUT2D eigenvalue weighted by Gasteiger charge is 2.17. The minimum atomic E-state index is -0.537. The predicted molar refractivity (Wildman–Crippen MR) is 117 cm³/mol. The summed E-state index contributed by atoms with van der Waals surface area (Å²) in [4.78, 5) is 15.5. The Balaban J connectivity index is 1.59. The quantitative estimate of drug-likeness (QED) is 0.332. The minimum absolute atomic E-state index is 0.0654. The van der Waals surface area contributed by atoms with E-state index >= 15 is 0 Å². The van der Waals surface area contributed by atoms with Crippen LogP contribution in [0.15, 0.2) is 48.8 Å². The molecule has 10 heteroatoms. The molecule has 0 fully saturated rings. The highest BCUT2D eigenvalue weighted by molar-refractivity contribution is 6.32. The number of halogens is 4. The molecule has 0 unspecified atom stereocenters. The summed E-state index contributed by atoms with van der Waals surface area (Å²) < 4.78 is 25.1. The van der Waals surface area contributed by atoms with Gasteiger partial charge in [0.15, 0.2) is 5.15 Å². The molecule has 3 heterocycles. The first kappa shape index (κ1) is 21.4. The van der Waals surface area contributed by atoms with Gasteiger partial charge in [0.05, 0.1) is 17.8 Å². The van der Waals surface area contributed by atoms with Gasteiger partial charge in [-0.25, -0.2) is 14.4 Å². The maximum Gasteiger partial charge on any atom is 0.155 e. The molecule has 158 valence electrons. The number of nitrogens with zero attached hydrogens (tertiary/aromatic N) is 3. The molecule has 3 aromatic heterocycles. The molecule has 0 spiro atoms. The Morgan fingerprint density at radius 1 is 1.03 bits per heavy atom. The lowest BCUT2D eigenvalue weighted by Gasteiger charge is -2.11. The summed E-state index contributed by atoms with van der Waals surface area (Å²) in [5.74, 6) is 0.961. The summed E-state index contributed by atoms with van der Waals surface area (Å²) in [6.45, 7) is -0.0654. The second-order valence-electron chi connectivity index (χ2n) is 6.35. The first-order valence-corrected chi connectivity index (χ1v) is 10.1. The molecular formula is C21H14Cl3FN4O2. The van der Waals surface area contributed by atoms with E-state index in [0.717, 1.165) is 5.56 Å². The average molecular weight is 480 g/mol. The molecule has 0 saturated carbocycles. The van der Waals surface area contributed by atoms with Crippen LogP contribution in [0.5, 0.6) is 11.5 Å². The van der Waals surface area contributed by atoms with E-state index < -0.39 is 5.82 Å². The van der Waals surface area contributed by atoms with Crippen LogP contribution in [0.1, 0.15) is 5.69 Å². The molecule has 4 aromatic rings. The normalized spacial score (nSPS) is 10.9. The van der Waals surface area contributed by atoms with Gasteiger partial charge in [-0.15, -0.1) is 0 Å². The fourth-order valence-electron chi connectivity index (χ4n) is 2.85. The average Bonchev–Trinajstić information content (AvgIpc) is 3.14. The Morgan fingerprint density at radius 2 is 1.87 bits per heavy atom. The summed E-state index contributed by atoms with van der Waals surface area (Å²) in [5, 5.41) is 0.870. The van der Waals surface area contributed by atoms with Crippen LogP contribution in [0.3, 0.4) is 0 Å². The van der Waals surface area contributed by atoms with Crippen molar-refractivity contribution in [3.63, 3.8) is 0 Å². The largest absolute Gasteiger partial charge is 0.496 e. The van der Waals surface area contributed by atoms with E-state index in [1.54, 1.807) is 36.5 Å². The Morgan fingerprint density at radius 3 is 2.58 bits per heavy atom. The van der Waals surface area contributed by atoms with Crippen LogP contribution in [0, 0.1) is 5.82 Å². The second-order valence-corrected chi connectivity index (χ2v) is 7.54. The lowest BCUT2D eigenvalue weighted by atomic mass is 10.1. The Bertz CT molecular complexity index is 1230. The van der Waals surface area contributed by atoms with Crippen molar-refractivity contribution in [1.29, 1.82) is 0 Å². The molecule has 0 aliphatic heterocycles. The van der Waals surface area contributed by atoms with E-state index in [1.165, 1.54) is 19.4 Å². The van der Waals surface area contributed by atoms with E-state index in [9.17, 15) is 4.39 Å². The second kappa shape index (κ2) is 9.09. The maximum absolute atomic E-state index is 13.9. The van der Waals surface area contributed by atoms with Crippen molar-refractivity contribution in [2.24, 2.45) is 0 Å². The highest BCUT2D eigenvalue weighted by atomic mass is 35.5. The number of hydrogen-bond acceptors (Lipinski definition) is 5. The number of imidazole rings is 1. The maximum atomic E-state index is 13.9. The molecule has 1 aromatic carbocycles. The zero-order chi connectivity index (χ0) is 22.0. The summed E-state index contributed by atoms with van der Waals surface area (Å²) >= 11 is 17.9. The lowest BCUT2D eigenvalue weighted by Crippen LogP contribution is -2.02. The molecule has 1 N–H and O–H groups in total. The van der Waals surface area contributed by atoms with Gasteiger partial charge < -0.3 is 14.5 Å². The molecule has 0 atom stereocenters. The molecule has 0 bridgehead atoms. The van der Waals surface area contributed by atoms with Gasteiger partial charge in [-0.2, -0.15) is 0 Å². The van der Waals surface area contributed by atoms with E-state index in [2.05, 4.69) is 19.9 Å². The van der Waals surface area contributed by atoms with Gasteiger partial charge in [0.25, 0.3) is 0 Å². The number of ether oxygens (including phenoxy) is 2. The number of H-pyrrole nitrogens is 1. The zero-order valence-corrected chi connectivity index (χ0v) is 18.3. The van der Waals surface area contributed by atoms with Crippen molar-refractivity contribution in [1.82, 2.24) is 19.9 Å². The molecule has 0 amide bonds. The number of rotatable bonds is 6. The Hall–Kier alpha value is -2.87. The number of pyridine rings is 2. The van der Waals surface area contributed by atoms with Crippen LogP contribution in [0.25, 0.3) is 22.6 Å². The van der Waals surface area contributed by atoms with E-state index in [-0.39, 0.29) is 22.5 Å². The van der Waals surface area contributed by atoms with Crippen molar-refractivity contribution >= 4 is 34.8 Å². The summed E-state index contributed by atoms with van der Waals surface area (Å²) in [7, 11) is 1.53. The molecule has 6 nitrogen and oxygen atoms in total. The number of nitrogens with one attached hydrogen (secondary N) is 1. The molecule has 0 aliphatic rings. The first-order chi connectivity index (χ1) is 14.9. The van der Waals surface area contributed by atoms with Crippen molar-refractivity contribution in [3.8, 4) is 34.1 Å². The minimum Gasteiger partial charge on any atom is -0.496 e. The third kappa shape index (κ3) is 4.74. The molecule has 31 heavy (non-hydrogen) atoms. The predicted octanol–water partition coefficient (Wildman–Crippen LogP) is 6.22. The van der Waals surface area contributed by atoms with Crippen LogP contribution in [0.4, 0.5) is 4.39 Å². The van der Waals surface area contributed by atoms with Crippen LogP contribution in [0.2, 0.25) is 15.3 Å². The standard InChI is InChI=1S/C21H14Cl3FN4O2/c1-30-17-7-13(31-10-16-15(25)6-12(22)9-26-16)3-4-14(17)19-20(24)29-21(28-19)11-2-5-18(23)27-8-11/h2-9H,10H2,1H3,(H,28,29). The van der Waals surface area contributed by atoms with E-state index in [4.69, 9.17) is 44.3 Å². The monoisotopic (exact) mass is 478 g/mol. The smallest absolute Gasteiger partial charge is 0.155 e. The number of hydrogen-bond donors (Lipinski definition) is 1. The van der Waals surface area contributed by atoms with Gasteiger partial charge in [0.2, 0.25) is 0 Å². The van der Waals surface area contributed by atoms with Crippen molar-refractivity contribution in [2.45, 2.75) is 6.61 Å². The van der Waals surface area contributed by atoms with Gasteiger partial charge in [-0.1, -0.05) is 34.8 Å². The Labute approximate surface area is 192 Å². The zero-order valence-electron chi connectivity index (χ0n) is 16.0. The SMILES string of the molecule is COc1cc(OCc2ncc(Cl)cc2F)ccc1-c1[nH]c(-c2ccc(Cl)nc2)nc1Cl. The topological polar surface area (TPSA) is 72.9 Å². The van der Waals surface area contributed by atoms with Gasteiger partial charge in [0, 0.05) is 29.6 Å². The van der Waals surface area contributed by atoms with E-state index in [0.29, 0.717) is 33.7 Å². The summed E-state index contributed by atoms with van der Waals surface area (Å²) in [5.41, 5.74) is 2.12. The third-order valence-corrected chi connectivity index (χ3v) is 5.07.